The summed E-state index contributed by atoms with van der Waals surface area (Å²) in [5, 5.41) is 13.1. The van der Waals surface area contributed by atoms with Gasteiger partial charge in [-0.1, -0.05) is 39.8 Å². The molecule has 0 saturated carbocycles. The average molecular weight is 524 g/mol. The van der Waals surface area contributed by atoms with Crippen LogP contribution in [-0.4, -0.2) is 21.7 Å². The minimum absolute atomic E-state index is 0.145. The van der Waals surface area contributed by atoms with Crippen molar-refractivity contribution in [2.45, 2.75) is 10.9 Å². The van der Waals surface area contributed by atoms with Crippen molar-refractivity contribution >= 4 is 44.8 Å². The molecule has 10 heteroatoms. The van der Waals surface area contributed by atoms with Gasteiger partial charge >= 0.3 is 0 Å². The van der Waals surface area contributed by atoms with E-state index in [0.29, 0.717) is 33.7 Å². The molecular formula is C22H14BrN5O2S2. The second-order valence-electron chi connectivity index (χ2n) is 6.73. The zero-order valence-electron chi connectivity index (χ0n) is 16.4. The van der Waals surface area contributed by atoms with Crippen molar-refractivity contribution in [3.8, 4) is 39.4 Å². The van der Waals surface area contributed by atoms with Crippen LogP contribution in [0.4, 0.5) is 5.82 Å². The van der Waals surface area contributed by atoms with Crippen molar-refractivity contribution in [1.29, 1.82) is 5.26 Å². The van der Waals surface area contributed by atoms with Gasteiger partial charge in [0.05, 0.1) is 11.4 Å². The van der Waals surface area contributed by atoms with Gasteiger partial charge in [0.25, 0.3) is 0 Å². The van der Waals surface area contributed by atoms with Gasteiger partial charge in [-0.15, -0.1) is 11.3 Å². The van der Waals surface area contributed by atoms with Crippen molar-refractivity contribution < 1.29 is 9.47 Å². The number of nitrogens with two attached hydrogens (primary N) is 1. The van der Waals surface area contributed by atoms with Gasteiger partial charge in [-0.2, -0.15) is 5.26 Å². The van der Waals surface area contributed by atoms with Gasteiger partial charge in [-0.3, -0.25) is 0 Å². The lowest BCUT2D eigenvalue weighted by molar-refractivity contribution is 0.174. The molecule has 2 aromatic heterocycles. The van der Waals surface area contributed by atoms with Gasteiger partial charge in [0, 0.05) is 26.7 Å². The molecule has 7 nitrogen and oxygen atoms in total. The molecule has 0 spiro atoms. The Morgan fingerprint density at radius 2 is 1.84 bits per heavy atom. The number of nitrogens with zero attached hydrogens (tertiary/aromatic N) is 4. The van der Waals surface area contributed by atoms with Crippen molar-refractivity contribution in [3.63, 3.8) is 0 Å². The maximum Gasteiger partial charge on any atom is 0.231 e. The Morgan fingerprint density at radius 1 is 1.06 bits per heavy atom. The smallest absolute Gasteiger partial charge is 0.231 e. The predicted octanol–water partition coefficient (Wildman–Crippen LogP) is 5.50. The molecule has 158 valence electrons. The first kappa shape index (κ1) is 20.8. The normalized spacial score (nSPS) is 12.0. The summed E-state index contributed by atoms with van der Waals surface area (Å²) in [6.45, 7) is 0.173. The van der Waals surface area contributed by atoms with E-state index in [-0.39, 0.29) is 18.2 Å². The van der Waals surface area contributed by atoms with Gasteiger partial charge in [0.15, 0.2) is 16.7 Å². The third kappa shape index (κ3) is 4.14. The fourth-order valence-corrected chi connectivity index (χ4v) is 5.06. The third-order valence-corrected chi connectivity index (χ3v) is 7.02. The molecule has 1 aliphatic heterocycles. The number of ether oxygens (including phenoxy) is 2. The van der Waals surface area contributed by atoms with Crippen LogP contribution in [0.1, 0.15) is 11.3 Å². The van der Waals surface area contributed by atoms with Crippen LogP contribution in [0.3, 0.4) is 0 Å². The fraction of sp³-hybridized carbons (Fsp3) is 0.0909. The molecule has 2 aromatic carbocycles. The molecule has 0 bridgehead atoms. The van der Waals surface area contributed by atoms with Gasteiger partial charge in [-0.25, -0.2) is 15.0 Å². The predicted molar refractivity (Wildman–Crippen MR) is 128 cm³/mol. The van der Waals surface area contributed by atoms with Crippen LogP contribution in [0.2, 0.25) is 0 Å². The maximum atomic E-state index is 9.60. The number of anilines is 1. The van der Waals surface area contributed by atoms with Crippen LogP contribution in [0.25, 0.3) is 21.8 Å². The van der Waals surface area contributed by atoms with Crippen LogP contribution in [0, 0.1) is 11.3 Å². The Morgan fingerprint density at radius 3 is 2.66 bits per heavy atom. The molecule has 0 unspecified atom stereocenters. The molecular weight excluding hydrogens is 510 g/mol. The summed E-state index contributed by atoms with van der Waals surface area (Å²) in [5.74, 6) is 2.00. The molecule has 3 heterocycles. The van der Waals surface area contributed by atoms with Gasteiger partial charge in [-0.05, 0) is 30.3 Å². The lowest BCUT2D eigenvalue weighted by Crippen LogP contribution is -2.02. The Kier molecular flexibility index (Phi) is 5.70. The number of fused-ring (bicyclic) bond motifs is 1. The first-order valence-corrected chi connectivity index (χ1v) is 12.1. The summed E-state index contributed by atoms with van der Waals surface area (Å²) >= 11 is 6.46. The van der Waals surface area contributed by atoms with Crippen LogP contribution < -0.4 is 15.2 Å². The van der Waals surface area contributed by atoms with Gasteiger partial charge < -0.3 is 15.2 Å². The van der Waals surface area contributed by atoms with Gasteiger partial charge in [0.2, 0.25) is 6.79 Å². The van der Waals surface area contributed by atoms with Crippen LogP contribution >= 0.6 is 39.0 Å². The highest BCUT2D eigenvalue weighted by molar-refractivity contribution is 9.10. The minimum atomic E-state index is 0.145. The van der Waals surface area contributed by atoms with Crippen LogP contribution in [0.15, 0.2) is 57.5 Å². The topological polar surface area (TPSA) is 107 Å². The van der Waals surface area contributed by atoms with E-state index < -0.39 is 0 Å². The largest absolute Gasteiger partial charge is 0.454 e. The number of thioether (sulfide) groups is 1. The highest BCUT2D eigenvalue weighted by Crippen LogP contribution is 2.37. The molecule has 0 aliphatic carbocycles. The highest BCUT2D eigenvalue weighted by atomic mass is 79.9. The number of halogens is 1. The number of nitrogen functional groups attached to an aromatic ring is 1. The molecule has 2 N–H and O–H groups in total. The first-order chi connectivity index (χ1) is 15.6. The number of benzene rings is 2. The van der Waals surface area contributed by atoms with E-state index in [9.17, 15) is 5.26 Å². The zero-order chi connectivity index (χ0) is 22.1. The maximum absolute atomic E-state index is 9.60. The number of aromatic nitrogens is 3. The van der Waals surface area contributed by atoms with Gasteiger partial charge in [0.1, 0.15) is 22.5 Å². The van der Waals surface area contributed by atoms with E-state index in [1.165, 1.54) is 11.8 Å². The van der Waals surface area contributed by atoms with E-state index >= 15 is 0 Å². The second-order valence-corrected chi connectivity index (χ2v) is 9.45. The molecule has 0 radical (unpaired) electrons. The molecule has 0 fully saturated rings. The van der Waals surface area contributed by atoms with Crippen molar-refractivity contribution in [1.82, 2.24) is 15.0 Å². The second kappa shape index (κ2) is 8.78. The SMILES string of the molecule is N#Cc1c(N)nc(SCc2csc(-c3ccc(Br)cc3)n2)nc1-c1ccc2c(c1)OCO2. The average Bonchev–Trinajstić information content (AvgIpc) is 3.47. The minimum Gasteiger partial charge on any atom is -0.454 e. The molecule has 0 saturated heterocycles. The summed E-state index contributed by atoms with van der Waals surface area (Å²) in [5.41, 5.74) is 9.50. The molecule has 0 atom stereocenters. The number of hydrogen-bond donors (Lipinski definition) is 1. The molecule has 1 aliphatic rings. The number of nitriles is 1. The monoisotopic (exact) mass is 523 g/mol. The Labute approximate surface area is 200 Å². The Balaban J connectivity index is 1.39. The Hall–Kier alpha value is -3.13. The summed E-state index contributed by atoms with van der Waals surface area (Å²) in [7, 11) is 0. The number of rotatable bonds is 5. The first-order valence-electron chi connectivity index (χ1n) is 9.41. The Bertz CT molecular complexity index is 1350. The quantitative estimate of drug-likeness (QED) is 0.269. The standard InChI is InChI=1S/C22H14BrN5O2S2/c23-14-4-1-12(2-5-14)21-26-15(9-31-21)10-32-22-27-19(16(8-24)20(25)28-22)13-3-6-17-18(7-13)30-11-29-17/h1-7,9H,10-11H2,(H2,25,27,28). The summed E-state index contributed by atoms with van der Waals surface area (Å²) in [6.07, 6.45) is 0. The van der Waals surface area contributed by atoms with E-state index in [1.54, 1.807) is 23.5 Å². The van der Waals surface area contributed by atoms with Crippen molar-refractivity contribution in [2.75, 3.05) is 12.5 Å². The number of thiazole rings is 1. The molecule has 32 heavy (non-hydrogen) atoms. The van der Waals surface area contributed by atoms with E-state index in [4.69, 9.17) is 20.2 Å². The lowest BCUT2D eigenvalue weighted by atomic mass is 10.1. The highest BCUT2D eigenvalue weighted by Gasteiger charge is 2.19. The zero-order valence-corrected chi connectivity index (χ0v) is 19.6. The summed E-state index contributed by atoms with van der Waals surface area (Å²) < 4.78 is 11.8. The number of hydrogen-bond acceptors (Lipinski definition) is 9. The van der Waals surface area contributed by atoms with Crippen molar-refractivity contribution in [3.05, 3.63) is 63.6 Å². The molecule has 5 rings (SSSR count). The van der Waals surface area contributed by atoms with Crippen LogP contribution in [0.5, 0.6) is 11.5 Å². The van der Waals surface area contributed by atoms with Crippen LogP contribution in [-0.2, 0) is 5.75 Å². The van der Waals surface area contributed by atoms with E-state index in [1.807, 2.05) is 35.7 Å². The third-order valence-electron chi connectivity index (χ3n) is 4.67. The van der Waals surface area contributed by atoms with Crippen molar-refractivity contribution in [2.24, 2.45) is 0 Å². The lowest BCUT2D eigenvalue weighted by Gasteiger charge is -2.09. The summed E-state index contributed by atoms with van der Waals surface area (Å²) in [4.78, 5) is 13.6. The molecule has 0 amide bonds. The van der Waals surface area contributed by atoms with E-state index in [0.717, 1.165) is 20.7 Å². The van der Waals surface area contributed by atoms with E-state index in [2.05, 4.69) is 32.0 Å². The molecule has 4 aromatic rings. The fourth-order valence-electron chi connectivity index (χ4n) is 3.12. The summed E-state index contributed by atoms with van der Waals surface area (Å²) in [6, 6.07) is 15.6.